The summed E-state index contributed by atoms with van der Waals surface area (Å²) in [5.74, 6) is -0.794. The van der Waals surface area contributed by atoms with Crippen LogP contribution < -0.4 is 10.6 Å². The molecule has 0 aromatic carbocycles. The summed E-state index contributed by atoms with van der Waals surface area (Å²) in [7, 11) is 3.14. The molecule has 0 aromatic rings. The second-order valence-corrected chi connectivity index (χ2v) is 5.76. The van der Waals surface area contributed by atoms with Crippen molar-refractivity contribution < 1.29 is 24.2 Å². The monoisotopic (exact) mass is 304 g/mol. The average Bonchev–Trinajstić information content (AvgIpc) is 2.41. The average molecular weight is 304 g/mol. The molecule has 7 heteroatoms. The van der Waals surface area contributed by atoms with Crippen LogP contribution in [-0.2, 0) is 14.3 Å². The standard InChI is InChI=1S/C14H28N2O5/c1-14(2,6-5-12(17)18)7-8-15-13(19)16-9-11(21-4)10-20-3/h11H,5-10H2,1-4H3,(H,17,18)(H2,15,16,19). The largest absolute Gasteiger partial charge is 0.481 e. The van der Waals surface area contributed by atoms with E-state index in [9.17, 15) is 9.59 Å². The highest BCUT2D eigenvalue weighted by Crippen LogP contribution is 2.25. The molecule has 21 heavy (non-hydrogen) atoms. The number of carboxylic acids is 1. The molecule has 3 N–H and O–H groups in total. The molecule has 0 fully saturated rings. The van der Waals surface area contributed by atoms with Gasteiger partial charge in [-0.1, -0.05) is 13.8 Å². The van der Waals surface area contributed by atoms with E-state index >= 15 is 0 Å². The highest BCUT2D eigenvalue weighted by molar-refractivity contribution is 5.73. The van der Waals surface area contributed by atoms with Crippen LogP contribution in [0, 0.1) is 5.41 Å². The number of amides is 2. The summed E-state index contributed by atoms with van der Waals surface area (Å²) in [5, 5.41) is 14.1. The summed E-state index contributed by atoms with van der Waals surface area (Å²) in [5.41, 5.74) is -0.114. The number of methoxy groups -OCH3 is 2. The number of hydrogen-bond donors (Lipinski definition) is 3. The SMILES string of the molecule is COCC(CNC(=O)NCCC(C)(C)CCC(=O)O)OC. The lowest BCUT2D eigenvalue weighted by Gasteiger charge is -2.24. The van der Waals surface area contributed by atoms with Crippen molar-refractivity contribution >= 4 is 12.0 Å². The van der Waals surface area contributed by atoms with Crippen LogP contribution in [0.5, 0.6) is 0 Å². The van der Waals surface area contributed by atoms with Crippen molar-refractivity contribution in [1.82, 2.24) is 10.6 Å². The molecule has 0 spiro atoms. The molecule has 0 aliphatic heterocycles. The van der Waals surface area contributed by atoms with Gasteiger partial charge in [-0.2, -0.15) is 0 Å². The van der Waals surface area contributed by atoms with Crippen molar-refractivity contribution in [3.63, 3.8) is 0 Å². The Morgan fingerprint density at radius 1 is 1.19 bits per heavy atom. The minimum absolute atomic E-state index is 0.114. The molecular formula is C14H28N2O5. The number of rotatable bonds is 11. The van der Waals surface area contributed by atoms with Crippen LogP contribution in [0.15, 0.2) is 0 Å². The molecule has 2 amide bonds. The normalized spacial score (nSPS) is 12.8. The minimum atomic E-state index is -0.794. The predicted molar refractivity (Wildman–Crippen MR) is 79.3 cm³/mol. The van der Waals surface area contributed by atoms with E-state index in [2.05, 4.69) is 10.6 Å². The lowest BCUT2D eigenvalue weighted by atomic mass is 9.84. The van der Waals surface area contributed by atoms with E-state index in [1.807, 2.05) is 13.8 Å². The summed E-state index contributed by atoms with van der Waals surface area (Å²) in [6.45, 7) is 5.28. The number of carbonyl (C=O) groups is 2. The fourth-order valence-electron chi connectivity index (χ4n) is 1.75. The van der Waals surface area contributed by atoms with E-state index < -0.39 is 5.97 Å². The second-order valence-electron chi connectivity index (χ2n) is 5.76. The third-order valence-corrected chi connectivity index (χ3v) is 3.28. The van der Waals surface area contributed by atoms with Gasteiger partial charge >= 0.3 is 12.0 Å². The van der Waals surface area contributed by atoms with E-state index in [-0.39, 0.29) is 24.0 Å². The number of carbonyl (C=O) groups excluding carboxylic acids is 1. The van der Waals surface area contributed by atoms with Crippen molar-refractivity contribution in [2.75, 3.05) is 33.9 Å². The van der Waals surface area contributed by atoms with Crippen LogP contribution in [0.3, 0.4) is 0 Å². The fourth-order valence-corrected chi connectivity index (χ4v) is 1.75. The maximum absolute atomic E-state index is 11.6. The van der Waals surface area contributed by atoms with Crippen LogP contribution in [0.4, 0.5) is 4.79 Å². The zero-order chi connectivity index (χ0) is 16.3. The Bertz CT molecular complexity index is 320. The maximum Gasteiger partial charge on any atom is 0.314 e. The van der Waals surface area contributed by atoms with Crippen LogP contribution >= 0.6 is 0 Å². The topological polar surface area (TPSA) is 96.9 Å². The van der Waals surface area contributed by atoms with Gasteiger partial charge in [0.1, 0.15) is 0 Å². The van der Waals surface area contributed by atoms with Gasteiger partial charge in [0.25, 0.3) is 0 Å². The fraction of sp³-hybridized carbons (Fsp3) is 0.857. The number of nitrogens with one attached hydrogen (secondary N) is 2. The molecule has 0 heterocycles. The Morgan fingerprint density at radius 3 is 2.38 bits per heavy atom. The van der Waals surface area contributed by atoms with Gasteiger partial charge in [-0.05, 0) is 18.3 Å². The lowest BCUT2D eigenvalue weighted by molar-refractivity contribution is -0.137. The third kappa shape index (κ3) is 11.0. The number of aliphatic carboxylic acids is 1. The predicted octanol–water partition coefficient (Wildman–Crippen LogP) is 1.23. The van der Waals surface area contributed by atoms with Gasteiger partial charge in [0.05, 0.1) is 12.7 Å². The van der Waals surface area contributed by atoms with Gasteiger partial charge in [0.15, 0.2) is 0 Å². The van der Waals surface area contributed by atoms with Crippen LogP contribution in [-0.4, -0.2) is 57.1 Å². The first-order valence-corrected chi connectivity index (χ1v) is 7.06. The summed E-state index contributed by atoms with van der Waals surface area (Å²) in [6, 6.07) is -0.262. The maximum atomic E-state index is 11.6. The summed E-state index contributed by atoms with van der Waals surface area (Å²) in [4.78, 5) is 22.2. The zero-order valence-electron chi connectivity index (χ0n) is 13.4. The lowest BCUT2D eigenvalue weighted by Crippen LogP contribution is -2.42. The molecule has 0 rings (SSSR count). The Hall–Kier alpha value is -1.34. The van der Waals surface area contributed by atoms with Gasteiger partial charge in [0.2, 0.25) is 0 Å². The summed E-state index contributed by atoms with van der Waals surface area (Å²) < 4.78 is 10.1. The van der Waals surface area contributed by atoms with Crippen molar-refractivity contribution in [2.45, 2.75) is 39.2 Å². The molecule has 1 unspecified atom stereocenters. The molecule has 0 radical (unpaired) electrons. The van der Waals surface area contributed by atoms with Gasteiger partial charge in [-0.15, -0.1) is 0 Å². The third-order valence-electron chi connectivity index (χ3n) is 3.28. The van der Waals surface area contributed by atoms with Crippen molar-refractivity contribution in [3.8, 4) is 0 Å². The second kappa shape index (κ2) is 10.4. The summed E-state index contributed by atoms with van der Waals surface area (Å²) >= 11 is 0. The molecule has 0 aliphatic rings. The first-order valence-electron chi connectivity index (χ1n) is 7.06. The Balaban J connectivity index is 3.85. The quantitative estimate of drug-likeness (QED) is 0.533. The number of urea groups is 1. The van der Waals surface area contributed by atoms with Crippen LogP contribution in [0.1, 0.15) is 33.1 Å². The minimum Gasteiger partial charge on any atom is -0.481 e. The van der Waals surface area contributed by atoms with E-state index in [1.165, 1.54) is 0 Å². The molecule has 0 aromatic heterocycles. The molecular weight excluding hydrogens is 276 g/mol. The van der Waals surface area contributed by atoms with E-state index in [0.717, 1.165) is 6.42 Å². The van der Waals surface area contributed by atoms with Gasteiger partial charge in [-0.3, -0.25) is 4.79 Å². The Kier molecular flexibility index (Phi) is 9.73. The Morgan fingerprint density at radius 2 is 1.86 bits per heavy atom. The van der Waals surface area contributed by atoms with Crippen molar-refractivity contribution in [1.29, 1.82) is 0 Å². The van der Waals surface area contributed by atoms with Gasteiger partial charge < -0.3 is 25.2 Å². The van der Waals surface area contributed by atoms with E-state index in [4.69, 9.17) is 14.6 Å². The van der Waals surface area contributed by atoms with Crippen molar-refractivity contribution in [3.05, 3.63) is 0 Å². The number of carboxylic acid groups (broad SMARTS) is 1. The first-order chi connectivity index (χ1) is 9.80. The molecule has 0 saturated heterocycles. The smallest absolute Gasteiger partial charge is 0.314 e. The number of ether oxygens (including phenoxy) is 2. The van der Waals surface area contributed by atoms with Crippen LogP contribution in [0.2, 0.25) is 0 Å². The van der Waals surface area contributed by atoms with Gasteiger partial charge in [-0.25, -0.2) is 4.79 Å². The molecule has 1 atom stereocenters. The van der Waals surface area contributed by atoms with Gasteiger partial charge in [0, 0.05) is 33.7 Å². The number of hydrogen-bond acceptors (Lipinski definition) is 4. The molecule has 0 aliphatic carbocycles. The van der Waals surface area contributed by atoms with E-state index in [0.29, 0.717) is 26.1 Å². The molecule has 0 saturated carbocycles. The van der Waals surface area contributed by atoms with E-state index in [1.54, 1.807) is 14.2 Å². The highest BCUT2D eigenvalue weighted by Gasteiger charge is 2.19. The summed E-state index contributed by atoms with van der Waals surface area (Å²) in [6.07, 6.45) is 1.28. The molecule has 0 bridgehead atoms. The zero-order valence-corrected chi connectivity index (χ0v) is 13.4. The first kappa shape index (κ1) is 19.7. The Labute approximate surface area is 126 Å². The molecule has 124 valence electrons. The van der Waals surface area contributed by atoms with Crippen LogP contribution in [0.25, 0.3) is 0 Å². The van der Waals surface area contributed by atoms with Crippen molar-refractivity contribution in [2.24, 2.45) is 5.41 Å². The highest BCUT2D eigenvalue weighted by atomic mass is 16.5. The molecule has 7 nitrogen and oxygen atoms in total.